The lowest BCUT2D eigenvalue weighted by molar-refractivity contribution is -0.172. The van der Waals surface area contributed by atoms with Crippen molar-refractivity contribution in [2.75, 3.05) is 0 Å². The van der Waals surface area contributed by atoms with Gasteiger partial charge in [0.2, 0.25) is 0 Å². The van der Waals surface area contributed by atoms with Gasteiger partial charge in [0.05, 0.1) is 12.8 Å². The lowest BCUT2D eigenvalue weighted by atomic mass is 9.96. The molecule has 0 aliphatic carbocycles. The molecule has 0 heterocycles. The third-order valence-corrected chi connectivity index (χ3v) is 1.46. The Morgan fingerprint density at radius 1 is 1.20 bits per heavy atom. The Hall–Kier alpha value is -1.96. The van der Waals surface area contributed by atoms with Crippen LogP contribution in [0.25, 0.3) is 0 Å². The summed E-state index contributed by atoms with van der Waals surface area (Å²) in [5.41, 5.74) is -2.77. The second-order valence-corrected chi connectivity index (χ2v) is 2.67. The molecular weight excluding hydrogens is 212 g/mol. The van der Waals surface area contributed by atoms with Gasteiger partial charge in [-0.1, -0.05) is 0 Å². The zero-order valence-corrected chi connectivity index (χ0v) is 7.37. The molecule has 0 aliphatic heterocycles. The Bertz CT molecular complexity index is 295. The molecule has 0 fully saturated rings. The molecule has 1 atom stereocenters. The number of hydrogen-bond donors (Lipinski definition) is 3. The van der Waals surface area contributed by atoms with E-state index in [4.69, 9.17) is 10.2 Å². The van der Waals surface area contributed by atoms with Crippen molar-refractivity contribution in [3.63, 3.8) is 0 Å². The van der Waals surface area contributed by atoms with Crippen molar-refractivity contribution >= 4 is 24.4 Å². The molecule has 8 heteroatoms. The van der Waals surface area contributed by atoms with E-state index in [1.54, 1.807) is 0 Å². The van der Waals surface area contributed by atoms with Gasteiger partial charge in [0.1, 0.15) is 0 Å². The van der Waals surface area contributed by atoms with Gasteiger partial charge in [0.25, 0.3) is 0 Å². The highest BCUT2D eigenvalue weighted by Gasteiger charge is 2.41. The molecule has 0 aromatic rings. The quantitative estimate of drug-likeness (QED) is 0.275. The fourth-order valence-corrected chi connectivity index (χ4v) is 0.798. The van der Waals surface area contributed by atoms with Crippen LogP contribution in [-0.4, -0.2) is 45.3 Å². The molecule has 0 radical (unpaired) electrons. The molecule has 84 valence electrons. The summed E-state index contributed by atoms with van der Waals surface area (Å²) in [6.45, 7) is -0.245. The Morgan fingerprint density at radius 2 is 1.73 bits per heavy atom. The first-order chi connectivity index (χ1) is 6.81. The fourth-order valence-electron chi connectivity index (χ4n) is 0.798. The van der Waals surface area contributed by atoms with Crippen molar-refractivity contribution in [1.82, 2.24) is 0 Å². The number of carbonyl (C=O) groups is 4. The molecule has 8 nitrogen and oxygen atoms in total. The molecule has 0 aromatic carbocycles. The molecule has 0 saturated heterocycles. The van der Waals surface area contributed by atoms with Crippen LogP contribution in [-0.2, 0) is 23.9 Å². The molecule has 3 N–H and O–H groups in total. The van der Waals surface area contributed by atoms with Crippen LogP contribution < -0.4 is 0 Å². The minimum absolute atomic E-state index is 0.245. The number of ether oxygens (including phenoxy) is 1. The molecule has 1 unspecified atom stereocenters. The second kappa shape index (κ2) is 5.05. The first kappa shape index (κ1) is 13.0. The standard InChI is InChI=1S/C7H8O8/c8-3-15-5(11)2-7(14,6(12)13)1-4(9)10/h3,14H,1-2H2,(H,9,10)(H,12,13). The van der Waals surface area contributed by atoms with Crippen molar-refractivity contribution in [3.05, 3.63) is 0 Å². The number of carbonyl (C=O) groups excluding carboxylic acids is 2. The zero-order valence-electron chi connectivity index (χ0n) is 7.37. The van der Waals surface area contributed by atoms with Crippen molar-refractivity contribution in [1.29, 1.82) is 0 Å². The maximum Gasteiger partial charge on any atom is 0.336 e. The van der Waals surface area contributed by atoms with Crippen LogP contribution in [0.5, 0.6) is 0 Å². The molecule has 15 heavy (non-hydrogen) atoms. The van der Waals surface area contributed by atoms with Gasteiger partial charge in [-0.25, -0.2) is 4.79 Å². The molecule has 0 bridgehead atoms. The Kier molecular flexibility index (Phi) is 4.39. The molecule has 0 aliphatic rings. The highest BCUT2D eigenvalue weighted by Crippen LogP contribution is 2.16. The van der Waals surface area contributed by atoms with Crippen LogP contribution in [0.15, 0.2) is 0 Å². The molecule has 0 saturated carbocycles. The van der Waals surface area contributed by atoms with E-state index in [0.29, 0.717) is 0 Å². The summed E-state index contributed by atoms with van der Waals surface area (Å²) in [5, 5.41) is 26.0. The van der Waals surface area contributed by atoms with E-state index in [1.165, 1.54) is 0 Å². The van der Waals surface area contributed by atoms with Gasteiger partial charge < -0.3 is 20.1 Å². The third-order valence-electron chi connectivity index (χ3n) is 1.46. The smallest absolute Gasteiger partial charge is 0.336 e. The number of carboxylic acids is 2. The van der Waals surface area contributed by atoms with E-state index >= 15 is 0 Å². The average Bonchev–Trinajstić information content (AvgIpc) is 2.01. The van der Waals surface area contributed by atoms with Crippen LogP contribution >= 0.6 is 0 Å². The number of esters is 1. The van der Waals surface area contributed by atoms with Gasteiger partial charge in [-0.2, -0.15) is 0 Å². The van der Waals surface area contributed by atoms with E-state index in [1.807, 2.05) is 0 Å². The SMILES string of the molecule is O=COC(=O)CC(O)(CC(=O)O)C(=O)O. The van der Waals surface area contributed by atoms with Gasteiger partial charge >= 0.3 is 24.4 Å². The minimum atomic E-state index is -2.77. The van der Waals surface area contributed by atoms with Gasteiger partial charge in [-0.3, -0.25) is 14.4 Å². The van der Waals surface area contributed by atoms with Crippen LogP contribution in [0.2, 0.25) is 0 Å². The van der Waals surface area contributed by atoms with Crippen molar-refractivity contribution in [3.8, 4) is 0 Å². The predicted octanol–water partition coefficient (Wildman–Crippen LogP) is -1.63. The summed E-state index contributed by atoms with van der Waals surface area (Å²) in [6, 6.07) is 0. The number of aliphatic carboxylic acids is 2. The number of rotatable bonds is 6. The molecule has 0 spiro atoms. The zero-order chi connectivity index (χ0) is 12.1. The Morgan fingerprint density at radius 3 is 2.07 bits per heavy atom. The monoisotopic (exact) mass is 220 g/mol. The fraction of sp³-hybridized carbons (Fsp3) is 0.429. The third kappa shape index (κ3) is 4.18. The van der Waals surface area contributed by atoms with Crippen LogP contribution in [0, 0.1) is 0 Å². The summed E-state index contributed by atoms with van der Waals surface area (Å²) in [7, 11) is 0. The Labute approximate surface area is 83.1 Å². The lowest BCUT2D eigenvalue weighted by Gasteiger charge is -2.19. The van der Waals surface area contributed by atoms with Crippen molar-refractivity contribution in [2.24, 2.45) is 0 Å². The van der Waals surface area contributed by atoms with Crippen LogP contribution in [0.4, 0.5) is 0 Å². The average molecular weight is 220 g/mol. The Balaban J connectivity index is 4.65. The van der Waals surface area contributed by atoms with Gasteiger partial charge in [-0.05, 0) is 0 Å². The van der Waals surface area contributed by atoms with Crippen molar-refractivity contribution in [2.45, 2.75) is 18.4 Å². The normalized spacial score (nSPS) is 13.7. The van der Waals surface area contributed by atoms with Gasteiger partial charge in [0.15, 0.2) is 5.60 Å². The molecule has 0 amide bonds. The maximum absolute atomic E-state index is 10.7. The van der Waals surface area contributed by atoms with Gasteiger partial charge in [-0.15, -0.1) is 0 Å². The first-order valence-electron chi connectivity index (χ1n) is 3.62. The van der Waals surface area contributed by atoms with Crippen LogP contribution in [0.3, 0.4) is 0 Å². The van der Waals surface area contributed by atoms with E-state index in [0.717, 1.165) is 0 Å². The first-order valence-corrected chi connectivity index (χ1v) is 3.62. The maximum atomic E-state index is 10.7. The summed E-state index contributed by atoms with van der Waals surface area (Å²) in [4.78, 5) is 41.1. The largest absolute Gasteiger partial charge is 0.481 e. The van der Waals surface area contributed by atoms with E-state index < -0.39 is 36.4 Å². The lowest BCUT2D eigenvalue weighted by Crippen LogP contribution is -2.43. The van der Waals surface area contributed by atoms with Gasteiger partial charge in [0, 0.05) is 0 Å². The number of carboxylic acid groups (broad SMARTS) is 2. The predicted molar refractivity (Wildman–Crippen MR) is 41.6 cm³/mol. The van der Waals surface area contributed by atoms with E-state index in [2.05, 4.69) is 4.74 Å². The summed E-state index contributed by atoms with van der Waals surface area (Å²) < 4.78 is 3.73. The second-order valence-electron chi connectivity index (χ2n) is 2.67. The highest BCUT2D eigenvalue weighted by atomic mass is 16.6. The van der Waals surface area contributed by atoms with Crippen molar-refractivity contribution < 1.29 is 39.2 Å². The molecular formula is C7H8O8. The summed E-state index contributed by atoms with van der Waals surface area (Å²) in [6.07, 6.45) is -2.29. The van der Waals surface area contributed by atoms with E-state index in [-0.39, 0.29) is 6.47 Å². The topological polar surface area (TPSA) is 138 Å². The number of aliphatic hydroxyl groups is 1. The summed E-state index contributed by atoms with van der Waals surface area (Å²) >= 11 is 0. The molecule has 0 rings (SSSR count). The summed E-state index contributed by atoms with van der Waals surface area (Å²) in [5.74, 6) is -4.80. The van der Waals surface area contributed by atoms with E-state index in [9.17, 15) is 24.3 Å². The van der Waals surface area contributed by atoms with Crippen LogP contribution in [0.1, 0.15) is 12.8 Å². The highest BCUT2D eigenvalue weighted by molar-refractivity contribution is 5.89. The molecule has 0 aromatic heterocycles. The minimum Gasteiger partial charge on any atom is -0.481 e. The number of hydrogen-bond acceptors (Lipinski definition) is 6.